The second-order valence-corrected chi connectivity index (χ2v) is 7.04. The van der Waals surface area contributed by atoms with Crippen molar-refractivity contribution in [2.45, 2.75) is 32.7 Å². The van der Waals surface area contributed by atoms with Gasteiger partial charge in [-0.3, -0.25) is 4.79 Å². The molecule has 0 aliphatic carbocycles. The van der Waals surface area contributed by atoms with Gasteiger partial charge in [0.05, 0.1) is 5.69 Å². The van der Waals surface area contributed by atoms with Crippen molar-refractivity contribution in [2.75, 3.05) is 0 Å². The fourth-order valence-electron chi connectivity index (χ4n) is 3.48. The molecule has 0 aliphatic heterocycles. The Morgan fingerprint density at radius 3 is 2.25 bits per heavy atom. The molecule has 4 aromatic rings. The van der Waals surface area contributed by atoms with Crippen molar-refractivity contribution in [1.82, 2.24) is 14.9 Å². The maximum Gasteiger partial charge on any atom is 0.280 e. The summed E-state index contributed by atoms with van der Waals surface area (Å²) in [6.07, 6.45) is 1.25. The SMILES string of the molecule is CCc1nn([C@@H](c2ccccc2)c2ccc(Cl)cc2)c(=O)c2c(CC)noc12. The Balaban J connectivity index is 2.04. The van der Waals surface area contributed by atoms with Crippen molar-refractivity contribution in [3.05, 3.63) is 92.5 Å². The fourth-order valence-corrected chi connectivity index (χ4v) is 3.60. The summed E-state index contributed by atoms with van der Waals surface area (Å²) in [5.74, 6) is 0. The number of aromatic nitrogens is 3. The summed E-state index contributed by atoms with van der Waals surface area (Å²) in [7, 11) is 0. The van der Waals surface area contributed by atoms with Crippen LogP contribution < -0.4 is 5.56 Å². The van der Waals surface area contributed by atoms with Gasteiger partial charge in [0.2, 0.25) is 0 Å². The minimum Gasteiger partial charge on any atom is -0.354 e. The molecular weight excluding hydrogens is 374 g/mol. The highest BCUT2D eigenvalue weighted by Gasteiger charge is 2.24. The quantitative estimate of drug-likeness (QED) is 0.488. The number of nitrogens with zero attached hydrogens (tertiary/aromatic N) is 3. The van der Waals surface area contributed by atoms with Crippen LogP contribution in [0.2, 0.25) is 5.02 Å². The molecule has 1 atom stereocenters. The summed E-state index contributed by atoms with van der Waals surface area (Å²) in [6, 6.07) is 17.0. The van der Waals surface area contributed by atoms with Gasteiger partial charge in [-0.2, -0.15) is 5.10 Å². The van der Waals surface area contributed by atoms with Gasteiger partial charge in [-0.25, -0.2) is 4.68 Å². The van der Waals surface area contributed by atoms with Gasteiger partial charge in [0.1, 0.15) is 17.1 Å². The molecule has 6 heteroatoms. The van der Waals surface area contributed by atoms with Gasteiger partial charge >= 0.3 is 0 Å². The first-order valence-corrected chi connectivity index (χ1v) is 9.72. The minimum absolute atomic E-state index is 0.200. The van der Waals surface area contributed by atoms with Gasteiger partial charge in [-0.1, -0.05) is 73.1 Å². The summed E-state index contributed by atoms with van der Waals surface area (Å²) in [6.45, 7) is 3.95. The maximum absolute atomic E-state index is 13.5. The first kappa shape index (κ1) is 18.4. The summed E-state index contributed by atoms with van der Waals surface area (Å²) >= 11 is 6.09. The van der Waals surface area contributed by atoms with Crippen LogP contribution in [0.25, 0.3) is 11.0 Å². The molecule has 0 aliphatic rings. The van der Waals surface area contributed by atoms with Crippen LogP contribution >= 0.6 is 11.6 Å². The van der Waals surface area contributed by atoms with Crippen molar-refractivity contribution in [1.29, 1.82) is 0 Å². The molecule has 0 N–H and O–H groups in total. The monoisotopic (exact) mass is 393 g/mol. The van der Waals surface area contributed by atoms with Gasteiger partial charge in [0, 0.05) is 5.02 Å². The zero-order valence-corrected chi connectivity index (χ0v) is 16.5. The van der Waals surface area contributed by atoms with Crippen LogP contribution in [0.1, 0.15) is 42.4 Å². The van der Waals surface area contributed by atoms with E-state index in [4.69, 9.17) is 16.1 Å². The molecule has 2 aromatic heterocycles. The number of fused-ring (bicyclic) bond motifs is 1. The molecule has 0 fully saturated rings. The molecule has 0 amide bonds. The number of benzene rings is 2. The van der Waals surface area contributed by atoms with Gasteiger partial charge in [-0.15, -0.1) is 0 Å². The minimum atomic E-state index is -0.375. The lowest BCUT2D eigenvalue weighted by molar-refractivity contribution is 0.441. The average molecular weight is 394 g/mol. The largest absolute Gasteiger partial charge is 0.354 e. The highest BCUT2D eigenvalue weighted by atomic mass is 35.5. The summed E-state index contributed by atoms with van der Waals surface area (Å²) in [4.78, 5) is 13.5. The Labute approximate surface area is 167 Å². The summed E-state index contributed by atoms with van der Waals surface area (Å²) in [5, 5.41) is 9.94. The molecule has 0 bridgehead atoms. The third kappa shape index (κ3) is 3.12. The van der Waals surface area contributed by atoms with Crippen LogP contribution in [-0.4, -0.2) is 14.9 Å². The van der Waals surface area contributed by atoms with Gasteiger partial charge in [-0.05, 0) is 36.1 Å². The second-order valence-electron chi connectivity index (χ2n) is 6.60. The van der Waals surface area contributed by atoms with Crippen molar-refractivity contribution in [3.8, 4) is 0 Å². The van der Waals surface area contributed by atoms with Crippen molar-refractivity contribution in [2.24, 2.45) is 0 Å². The molecule has 142 valence electrons. The van der Waals surface area contributed by atoms with E-state index in [-0.39, 0.29) is 11.6 Å². The van der Waals surface area contributed by atoms with E-state index in [1.165, 1.54) is 0 Å². The van der Waals surface area contributed by atoms with Crippen molar-refractivity contribution < 1.29 is 4.52 Å². The molecule has 2 heterocycles. The third-order valence-corrected chi connectivity index (χ3v) is 5.14. The lowest BCUT2D eigenvalue weighted by atomic mass is 9.98. The van der Waals surface area contributed by atoms with Crippen LogP contribution in [0, 0.1) is 0 Å². The normalized spacial score (nSPS) is 12.4. The number of aryl methyl sites for hydroxylation is 2. The van der Waals surface area contributed by atoms with E-state index in [0.717, 1.165) is 16.8 Å². The zero-order chi connectivity index (χ0) is 19.7. The van der Waals surface area contributed by atoms with E-state index in [1.807, 2.05) is 68.4 Å². The third-order valence-electron chi connectivity index (χ3n) is 4.89. The van der Waals surface area contributed by atoms with E-state index in [1.54, 1.807) is 4.68 Å². The Morgan fingerprint density at radius 1 is 0.964 bits per heavy atom. The molecular formula is C22H20ClN3O2. The van der Waals surface area contributed by atoms with E-state index in [9.17, 15) is 4.79 Å². The maximum atomic E-state index is 13.5. The van der Waals surface area contributed by atoms with Crippen molar-refractivity contribution in [3.63, 3.8) is 0 Å². The predicted octanol–water partition coefficient (Wildman–Crippen LogP) is 4.80. The van der Waals surface area contributed by atoms with E-state index in [0.29, 0.717) is 34.5 Å². The molecule has 5 nitrogen and oxygen atoms in total. The molecule has 2 aromatic carbocycles. The Morgan fingerprint density at radius 2 is 1.61 bits per heavy atom. The highest BCUT2D eigenvalue weighted by molar-refractivity contribution is 6.30. The average Bonchev–Trinajstić information content (AvgIpc) is 3.17. The number of halogens is 1. The smallest absolute Gasteiger partial charge is 0.280 e. The molecule has 0 radical (unpaired) electrons. The lowest BCUT2D eigenvalue weighted by Gasteiger charge is -2.20. The lowest BCUT2D eigenvalue weighted by Crippen LogP contribution is -2.30. The van der Waals surface area contributed by atoms with Crippen LogP contribution in [0.3, 0.4) is 0 Å². The number of rotatable bonds is 5. The topological polar surface area (TPSA) is 60.9 Å². The standard InChI is InChI=1S/C22H20ClN3O2/c1-3-17-19-21(28-25-17)18(4-2)24-26(22(19)27)20(14-8-6-5-7-9-14)15-10-12-16(23)13-11-15/h5-13,20H,3-4H2,1-2H3/t20-/m0/s1. The molecule has 28 heavy (non-hydrogen) atoms. The summed E-state index contributed by atoms with van der Waals surface area (Å²) < 4.78 is 7.01. The molecule has 0 unspecified atom stereocenters. The van der Waals surface area contributed by atoms with Crippen LogP contribution in [0.4, 0.5) is 0 Å². The molecule has 0 saturated carbocycles. The van der Waals surface area contributed by atoms with Gasteiger partial charge in [0.25, 0.3) is 5.56 Å². The van der Waals surface area contributed by atoms with E-state index in [2.05, 4.69) is 10.3 Å². The van der Waals surface area contributed by atoms with Crippen LogP contribution in [0.5, 0.6) is 0 Å². The Hall–Kier alpha value is -2.92. The van der Waals surface area contributed by atoms with E-state index >= 15 is 0 Å². The summed E-state index contributed by atoms with van der Waals surface area (Å²) in [5.41, 5.74) is 3.57. The first-order valence-electron chi connectivity index (χ1n) is 9.34. The zero-order valence-electron chi connectivity index (χ0n) is 15.7. The van der Waals surface area contributed by atoms with Crippen molar-refractivity contribution >= 4 is 22.6 Å². The van der Waals surface area contributed by atoms with E-state index < -0.39 is 0 Å². The molecule has 0 spiro atoms. The van der Waals surface area contributed by atoms with Gasteiger partial charge < -0.3 is 4.52 Å². The number of hydrogen-bond acceptors (Lipinski definition) is 4. The van der Waals surface area contributed by atoms with Gasteiger partial charge in [0.15, 0.2) is 5.58 Å². The fraction of sp³-hybridized carbons (Fsp3) is 0.227. The van der Waals surface area contributed by atoms with Crippen LogP contribution in [-0.2, 0) is 12.8 Å². The Bertz CT molecular complexity index is 1160. The highest BCUT2D eigenvalue weighted by Crippen LogP contribution is 2.28. The Kier molecular flexibility index (Phi) is 5.01. The number of hydrogen-bond donors (Lipinski definition) is 0. The molecule has 4 rings (SSSR count). The molecule has 0 saturated heterocycles. The predicted molar refractivity (Wildman–Crippen MR) is 110 cm³/mol. The second kappa shape index (κ2) is 7.60. The van der Waals surface area contributed by atoms with Crippen LogP contribution in [0.15, 0.2) is 63.9 Å². The first-order chi connectivity index (χ1) is 13.6.